The van der Waals surface area contributed by atoms with Gasteiger partial charge < -0.3 is 19.3 Å². The highest BCUT2D eigenvalue weighted by Crippen LogP contribution is 2.28. The number of carboxylic acid groups (broad SMARTS) is 1. The molecule has 1 N–H and O–H groups in total. The van der Waals surface area contributed by atoms with Gasteiger partial charge >= 0.3 is 5.97 Å². The van der Waals surface area contributed by atoms with Gasteiger partial charge in [-0.25, -0.2) is 4.79 Å². The standard InChI is InChI=1S/C18H20O5/c1-3-21-17-12-14(18(19)20)7-8-16(17)23-10-9-22-15-6-4-5-13(2)11-15/h4-8,11-12H,3,9-10H2,1-2H3,(H,19,20). The van der Waals surface area contributed by atoms with Gasteiger partial charge in [-0.2, -0.15) is 0 Å². The first-order valence-corrected chi connectivity index (χ1v) is 7.42. The van der Waals surface area contributed by atoms with Crippen molar-refractivity contribution in [3.05, 3.63) is 53.6 Å². The number of rotatable bonds is 8. The number of carboxylic acids is 1. The van der Waals surface area contributed by atoms with Crippen molar-refractivity contribution in [2.75, 3.05) is 19.8 Å². The van der Waals surface area contributed by atoms with Crippen LogP contribution < -0.4 is 14.2 Å². The summed E-state index contributed by atoms with van der Waals surface area (Å²) in [5.74, 6) is 0.716. The first-order chi connectivity index (χ1) is 11.1. The quantitative estimate of drug-likeness (QED) is 0.755. The Morgan fingerprint density at radius 2 is 1.78 bits per heavy atom. The molecule has 0 atom stereocenters. The fraction of sp³-hybridized carbons (Fsp3) is 0.278. The molecule has 0 amide bonds. The van der Waals surface area contributed by atoms with Gasteiger partial charge in [-0.3, -0.25) is 0 Å². The highest BCUT2D eigenvalue weighted by Gasteiger charge is 2.10. The van der Waals surface area contributed by atoms with Crippen LogP contribution in [0.4, 0.5) is 0 Å². The molecule has 0 heterocycles. The Bertz CT molecular complexity index is 666. The van der Waals surface area contributed by atoms with Crippen molar-refractivity contribution in [1.82, 2.24) is 0 Å². The smallest absolute Gasteiger partial charge is 0.335 e. The van der Waals surface area contributed by atoms with Crippen molar-refractivity contribution in [2.24, 2.45) is 0 Å². The predicted molar refractivity (Wildman–Crippen MR) is 86.7 cm³/mol. The second-order valence-corrected chi connectivity index (χ2v) is 4.91. The van der Waals surface area contributed by atoms with Crippen LogP contribution in [0.2, 0.25) is 0 Å². The normalized spacial score (nSPS) is 10.2. The summed E-state index contributed by atoms with van der Waals surface area (Å²) in [4.78, 5) is 11.0. The molecule has 0 aliphatic heterocycles. The molecule has 2 aromatic rings. The van der Waals surface area contributed by atoms with Gasteiger partial charge in [0.15, 0.2) is 11.5 Å². The summed E-state index contributed by atoms with van der Waals surface area (Å²) in [6, 6.07) is 12.3. The van der Waals surface area contributed by atoms with Gasteiger partial charge in [0.1, 0.15) is 19.0 Å². The molecule has 23 heavy (non-hydrogen) atoms. The second-order valence-electron chi connectivity index (χ2n) is 4.91. The van der Waals surface area contributed by atoms with Crippen molar-refractivity contribution in [1.29, 1.82) is 0 Å². The molecule has 0 unspecified atom stereocenters. The molecule has 0 aliphatic carbocycles. The zero-order valence-electron chi connectivity index (χ0n) is 13.2. The fourth-order valence-electron chi connectivity index (χ4n) is 2.04. The Morgan fingerprint density at radius 1 is 1.00 bits per heavy atom. The van der Waals surface area contributed by atoms with Crippen LogP contribution in [0.3, 0.4) is 0 Å². The van der Waals surface area contributed by atoms with Crippen LogP contribution in [0.25, 0.3) is 0 Å². The van der Waals surface area contributed by atoms with E-state index in [0.29, 0.717) is 31.3 Å². The van der Waals surface area contributed by atoms with E-state index in [1.165, 1.54) is 12.1 Å². The van der Waals surface area contributed by atoms with Gasteiger partial charge in [0.2, 0.25) is 0 Å². The molecule has 0 radical (unpaired) electrons. The summed E-state index contributed by atoms with van der Waals surface area (Å²) in [5.41, 5.74) is 1.29. The molecule has 2 rings (SSSR count). The summed E-state index contributed by atoms with van der Waals surface area (Å²) >= 11 is 0. The summed E-state index contributed by atoms with van der Waals surface area (Å²) in [7, 11) is 0. The molecule has 0 fully saturated rings. The largest absolute Gasteiger partial charge is 0.490 e. The van der Waals surface area contributed by atoms with Crippen LogP contribution in [0.5, 0.6) is 17.2 Å². The minimum atomic E-state index is -1.000. The van der Waals surface area contributed by atoms with Gasteiger partial charge in [0.25, 0.3) is 0 Å². The first-order valence-electron chi connectivity index (χ1n) is 7.42. The van der Waals surface area contributed by atoms with Gasteiger partial charge in [-0.1, -0.05) is 12.1 Å². The van der Waals surface area contributed by atoms with Crippen molar-refractivity contribution in [3.8, 4) is 17.2 Å². The lowest BCUT2D eigenvalue weighted by Gasteiger charge is -2.13. The van der Waals surface area contributed by atoms with Gasteiger partial charge in [-0.15, -0.1) is 0 Å². The van der Waals surface area contributed by atoms with Crippen LogP contribution in [0, 0.1) is 6.92 Å². The van der Waals surface area contributed by atoms with E-state index in [-0.39, 0.29) is 5.56 Å². The number of hydrogen-bond acceptors (Lipinski definition) is 4. The fourth-order valence-corrected chi connectivity index (χ4v) is 2.04. The van der Waals surface area contributed by atoms with E-state index in [1.807, 2.05) is 38.1 Å². The van der Waals surface area contributed by atoms with Crippen molar-refractivity contribution >= 4 is 5.97 Å². The van der Waals surface area contributed by atoms with E-state index in [4.69, 9.17) is 19.3 Å². The molecule has 0 saturated carbocycles. The van der Waals surface area contributed by atoms with Crippen LogP contribution >= 0.6 is 0 Å². The first kappa shape index (κ1) is 16.7. The third kappa shape index (κ3) is 4.92. The zero-order valence-corrected chi connectivity index (χ0v) is 13.2. The third-order valence-corrected chi connectivity index (χ3v) is 3.09. The third-order valence-electron chi connectivity index (χ3n) is 3.09. The SMILES string of the molecule is CCOc1cc(C(=O)O)ccc1OCCOc1cccc(C)c1. The maximum absolute atomic E-state index is 11.0. The molecule has 122 valence electrons. The van der Waals surface area contributed by atoms with Gasteiger partial charge in [-0.05, 0) is 49.7 Å². The zero-order chi connectivity index (χ0) is 16.7. The summed E-state index contributed by atoms with van der Waals surface area (Å²) < 4.78 is 16.7. The predicted octanol–water partition coefficient (Wildman–Crippen LogP) is 3.55. The van der Waals surface area contributed by atoms with E-state index in [9.17, 15) is 4.79 Å². The van der Waals surface area contributed by atoms with E-state index in [1.54, 1.807) is 6.07 Å². The van der Waals surface area contributed by atoms with E-state index in [0.717, 1.165) is 11.3 Å². The maximum Gasteiger partial charge on any atom is 0.335 e. The molecule has 5 nitrogen and oxygen atoms in total. The number of carbonyl (C=O) groups is 1. The summed E-state index contributed by atoms with van der Waals surface area (Å²) in [5, 5.41) is 9.01. The average molecular weight is 316 g/mol. The molecule has 0 aliphatic rings. The van der Waals surface area contributed by atoms with E-state index in [2.05, 4.69) is 0 Å². The highest BCUT2D eigenvalue weighted by molar-refractivity contribution is 5.88. The Kier molecular flexibility index (Phi) is 5.86. The van der Waals surface area contributed by atoms with Crippen molar-refractivity contribution in [3.63, 3.8) is 0 Å². The molecule has 0 saturated heterocycles. The van der Waals surface area contributed by atoms with Crippen LogP contribution in [-0.2, 0) is 0 Å². The molecule has 5 heteroatoms. The highest BCUT2D eigenvalue weighted by atomic mass is 16.5. The second kappa shape index (κ2) is 8.08. The maximum atomic E-state index is 11.0. The van der Waals surface area contributed by atoms with Gasteiger partial charge in [0, 0.05) is 0 Å². The minimum Gasteiger partial charge on any atom is -0.490 e. The number of ether oxygens (including phenoxy) is 3. The molecule has 0 spiro atoms. The number of aryl methyl sites for hydroxylation is 1. The Balaban J connectivity index is 1.93. The van der Waals surface area contributed by atoms with Gasteiger partial charge in [0.05, 0.1) is 12.2 Å². The number of hydrogen-bond donors (Lipinski definition) is 1. The number of benzene rings is 2. The van der Waals surface area contributed by atoms with Crippen molar-refractivity contribution < 1.29 is 24.1 Å². The minimum absolute atomic E-state index is 0.164. The average Bonchev–Trinajstić information content (AvgIpc) is 2.53. The van der Waals surface area contributed by atoms with Crippen LogP contribution in [0.1, 0.15) is 22.8 Å². The molecular formula is C18H20O5. The molecule has 2 aromatic carbocycles. The Morgan fingerprint density at radius 3 is 2.48 bits per heavy atom. The lowest BCUT2D eigenvalue weighted by molar-refractivity contribution is 0.0696. The van der Waals surface area contributed by atoms with Crippen LogP contribution in [-0.4, -0.2) is 30.9 Å². The lowest BCUT2D eigenvalue weighted by Crippen LogP contribution is -2.10. The summed E-state index contributed by atoms with van der Waals surface area (Å²) in [6.45, 7) is 4.98. The number of aromatic carboxylic acids is 1. The Hall–Kier alpha value is -2.69. The molecule has 0 bridgehead atoms. The van der Waals surface area contributed by atoms with E-state index < -0.39 is 5.97 Å². The molecular weight excluding hydrogens is 296 g/mol. The van der Waals surface area contributed by atoms with E-state index >= 15 is 0 Å². The summed E-state index contributed by atoms with van der Waals surface area (Å²) in [6.07, 6.45) is 0. The monoisotopic (exact) mass is 316 g/mol. The topological polar surface area (TPSA) is 65.0 Å². The van der Waals surface area contributed by atoms with Crippen molar-refractivity contribution in [2.45, 2.75) is 13.8 Å². The Labute approximate surface area is 135 Å². The van der Waals surface area contributed by atoms with Crippen LogP contribution in [0.15, 0.2) is 42.5 Å². The lowest BCUT2D eigenvalue weighted by atomic mass is 10.2. The molecule has 0 aromatic heterocycles.